The average Bonchev–Trinajstić information content (AvgIpc) is 2.96. The molecule has 1 atom stereocenters. The second-order valence-corrected chi connectivity index (χ2v) is 5.94. The van der Waals surface area contributed by atoms with Gasteiger partial charge in [-0.05, 0) is 42.6 Å². The summed E-state index contributed by atoms with van der Waals surface area (Å²) in [6, 6.07) is 13.4. The van der Waals surface area contributed by atoms with Crippen molar-refractivity contribution in [3.63, 3.8) is 0 Å². The van der Waals surface area contributed by atoms with Crippen LogP contribution in [0.5, 0.6) is 0 Å². The minimum absolute atomic E-state index is 0.508. The number of likely N-dealkylation sites (tertiary alicyclic amines) is 1. The Kier molecular flexibility index (Phi) is 4.20. The topological polar surface area (TPSA) is 19.4 Å². The molecule has 3 nitrogen and oxygen atoms in total. The Balaban J connectivity index is 1.81. The minimum atomic E-state index is 0.508. The number of pyridine rings is 1. The van der Waals surface area contributed by atoms with Gasteiger partial charge in [0, 0.05) is 44.8 Å². The smallest absolute Gasteiger partial charge is 0.0406 e. The van der Waals surface area contributed by atoms with Crippen LogP contribution in [0.25, 0.3) is 0 Å². The Labute approximate surface area is 127 Å². The van der Waals surface area contributed by atoms with E-state index in [1.165, 1.54) is 36.2 Å². The molecule has 2 heterocycles. The summed E-state index contributed by atoms with van der Waals surface area (Å²) in [4.78, 5) is 9.06. The van der Waals surface area contributed by atoms with Crippen molar-refractivity contribution in [3.8, 4) is 0 Å². The molecule has 0 amide bonds. The number of hydrogen-bond acceptors (Lipinski definition) is 3. The monoisotopic (exact) mass is 281 g/mol. The quantitative estimate of drug-likeness (QED) is 0.855. The van der Waals surface area contributed by atoms with Gasteiger partial charge in [0.05, 0.1) is 0 Å². The lowest BCUT2D eigenvalue weighted by atomic mass is 10.1. The van der Waals surface area contributed by atoms with E-state index >= 15 is 0 Å². The van der Waals surface area contributed by atoms with Crippen molar-refractivity contribution in [1.29, 1.82) is 0 Å². The van der Waals surface area contributed by atoms with Gasteiger partial charge >= 0.3 is 0 Å². The van der Waals surface area contributed by atoms with Crippen LogP contribution in [0.15, 0.2) is 48.8 Å². The fraction of sp³-hybridized carbons (Fsp3) is 0.389. The van der Waals surface area contributed by atoms with Crippen molar-refractivity contribution in [2.45, 2.75) is 25.4 Å². The second-order valence-electron chi connectivity index (χ2n) is 5.94. The van der Waals surface area contributed by atoms with Crippen molar-refractivity contribution < 1.29 is 0 Å². The predicted octanol–water partition coefficient (Wildman–Crippen LogP) is 3.48. The summed E-state index contributed by atoms with van der Waals surface area (Å²) in [6.07, 6.45) is 6.37. The van der Waals surface area contributed by atoms with E-state index in [-0.39, 0.29) is 0 Å². The third-order valence-electron chi connectivity index (χ3n) is 4.28. The van der Waals surface area contributed by atoms with Crippen LogP contribution >= 0.6 is 0 Å². The fourth-order valence-corrected chi connectivity index (χ4v) is 3.27. The summed E-state index contributed by atoms with van der Waals surface area (Å²) < 4.78 is 0. The van der Waals surface area contributed by atoms with Gasteiger partial charge in [0.15, 0.2) is 0 Å². The van der Waals surface area contributed by atoms with Gasteiger partial charge in [0.1, 0.15) is 0 Å². The molecule has 1 aliphatic heterocycles. The van der Waals surface area contributed by atoms with E-state index in [2.05, 4.69) is 59.2 Å². The van der Waals surface area contributed by atoms with E-state index in [4.69, 9.17) is 0 Å². The Morgan fingerprint density at radius 2 is 2.05 bits per heavy atom. The Hall–Kier alpha value is -1.87. The number of hydrogen-bond donors (Lipinski definition) is 0. The Morgan fingerprint density at radius 1 is 1.19 bits per heavy atom. The molecular weight excluding hydrogens is 258 g/mol. The van der Waals surface area contributed by atoms with Crippen LogP contribution in [-0.2, 0) is 6.54 Å². The molecule has 0 N–H and O–H groups in total. The van der Waals surface area contributed by atoms with E-state index in [0.717, 1.165) is 6.54 Å². The maximum absolute atomic E-state index is 4.28. The summed E-state index contributed by atoms with van der Waals surface area (Å²) in [7, 11) is 4.23. The zero-order valence-electron chi connectivity index (χ0n) is 12.9. The molecule has 1 aliphatic rings. The van der Waals surface area contributed by atoms with Crippen molar-refractivity contribution >= 4 is 5.69 Å². The molecule has 3 heteroatoms. The fourth-order valence-electron chi connectivity index (χ4n) is 3.27. The maximum Gasteiger partial charge on any atom is 0.0406 e. The van der Waals surface area contributed by atoms with E-state index in [1.54, 1.807) is 0 Å². The summed E-state index contributed by atoms with van der Waals surface area (Å²) >= 11 is 0. The highest BCUT2D eigenvalue weighted by Gasteiger charge is 2.26. The summed E-state index contributed by atoms with van der Waals surface area (Å²) in [5, 5.41) is 0. The van der Waals surface area contributed by atoms with Gasteiger partial charge in [0.2, 0.25) is 0 Å². The van der Waals surface area contributed by atoms with E-state index in [1.807, 2.05) is 18.5 Å². The SMILES string of the molecule is CN(C)c1ccccc1CN1CCCC1c1cccnc1. The number of rotatable bonds is 4. The van der Waals surface area contributed by atoms with Crippen molar-refractivity contribution in [2.24, 2.45) is 0 Å². The molecule has 21 heavy (non-hydrogen) atoms. The molecule has 1 saturated heterocycles. The third-order valence-corrected chi connectivity index (χ3v) is 4.28. The van der Waals surface area contributed by atoms with Gasteiger partial charge in [0.25, 0.3) is 0 Å². The van der Waals surface area contributed by atoms with Crippen molar-refractivity contribution in [2.75, 3.05) is 25.5 Å². The highest BCUT2D eigenvalue weighted by molar-refractivity contribution is 5.52. The molecule has 0 aliphatic carbocycles. The molecule has 0 spiro atoms. The van der Waals surface area contributed by atoms with Gasteiger partial charge in [-0.25, -0.2) is 0 Å². The minimum Gasteiger partial charge on any atom is -0.377 e. The molecule has 1 fully saturated rings. The largest absolute Gasteiger partial charge is 0.377 e. The first-order chi connectivity index (χ1) is 10.3. The molecule has 1 unspecified atom stereocenters. The molecule has 1 aromatic heterocycles. The number of aromatic nitrogens is 1. The summed E-state index contributed by atoms with van der Waals surface area (Å²) in [5.74, 6) is 0. The average molecular weight is 281 g/mol. The van der Waals surface area contributed by atoms with Crippen molar-refractivity contribution in [3.05, 3.63) is 59.9 Å². The van der Waals surface area contributed by atoms with Gasteiger partial charge in [-0.2, -0.15) is 0 Å². The number of para-hydroxylation sites is 1. The van der Waals surface area contributed by atoms with Gasteiger partial charge in [-0.1, -0.05) is 24.3 Å². The molecule has 0 bridgehead atoms. The normalized spacial score (nSPS) is 18.9. The van der Waals surface area contributed by atoms with Gasteiger partial charge < -0.3 is 4.90 Å². The van der Waals surface area contributed by atoms with Crippen LogP contribution < -0.4 is 4.90 Å². The first kappa shape index (κ1) is 14.1. The first-order valence-corrected chi connectivity index (χ1v) is 7.65. The Morgan fingerprint density at radius 3 is 2.81 bits per heavy atom. The van der Waals surface area contributed by atoms with Crippen LogP contribution in [-0.4, -0.2) is 30.5 Å². The van der Waals surface area contributed by atoms with Crippen LogP contribution in [0.1, 0.15) is 30.0 Å². The van der Waals surface area contributed by atoms with Gasteiger partial charge in [-0.15, -0.1) is 0 Å². The molecule has 0 radical (unpaired) electrons. The molecule has 3 rings (SSSR count). The zero-order valence-corrected chi connectivity index (χ0v) is 12.9. The van der Waals surface area contributed by atoms with E-state index in [0.29, 0.717) is 6.04 Å². The molecule has 2 aromatic rings. The highest BCUT2D eigenvalue weighted by atomic mass is 15.2. The van der Waals surface area contributed by atoms with Crippen LogP contribution in [0.2, 0.25) is 0 Å². The number of benzene rings is 1. The summed E-state index contributed by atoms with van der Waals surface area (Å²) in [6.45, 7) is 2.18. The van der Waals surface area contributed by atoms with Crippen LogP contribution in [0.3, 0.4) is 0 Å². The Bertz CT molecular complexity index is 580. The maximum atomic E-state index is 4.28. The lowest BCUT2D eigenvalue weighted by molar-refractivity contribution is 0.248. The predicted molar refractivity (Wildman–Crippen MR) is 87.4 cm³/mol. The van der Waals surface area contributed by atoms with E-state index in [9.17, 15) is 0 Å². The molecular formula is C18H23N3. The van der Waals surface area contributed by atoms with Crippen LogP contribution in [0, 0.1) is 0 Å². The molecule has 110 valence electrons. The zero-order chi connectivity index (χ0) is 14.7. The molecule has 0 saturated carbocycles. The highest BCUT2D eigenvalue weighted by Crippen LogP contribution is 2.34. The second kappa shape index (κ2) is 6.27. The van der Waals surface area contributed by atoms with Crippen molar-refractivity contribution in [1.82, 2.24) is 9.88 Å². The lowest BCUT2D eigenvalue weighted by Crippen LogP contribution is -2.24. The van der Waals surface area contributed by atoms with Crippen LogP contribution in [0.4, 0.5) is 5.69 Å². The lowest BCUT2D eigenvalue weighted by Gasteiger charge is -2.27. The summed E-state index contributed by atoms with van der Waals surface area (Å²) in [5.41, 5.74) is 4.06. The number of anilines is 1. The standard InChI is InChI=1S/C18H23N3/c1-20(2)17-9-4-3-7-16(17)14-21-12-6-10-18(21)15-8-5-11-19-13-15/h3-5,7-9,11,13,18H,6,10,12,14H2,1-2H3. The van der Waals surface area contributed by atoms with Gasteiger partial charge in [-0.3, -0.25) is 9.88 Å². The third kappa shape index (κ3) is 3.08. The molecule has 1 aromatic carbocycles. The number of nitrogens with zero attached hydrogens (tertiary/aromatic N) is 3. The first-order valence-electron chi connectivity index (χ1n) is 7.65. The van der Waals surface area contributed by atoms with E-state index < -0.39 is 0 Å².